The van der Waals surface area contributed by atoms with E-state index in [0.717, 1.165) is 0 Å². The lowest BCUT2D eigenvalue weighted by Crippen LogP contribution is -2.30. The molecule has 1 rings (SSSR count). The second kappa shape index (κ2) is 6.30. The molecule has 0 radical (unpaired) electrons. The van der Waals surface area contributed by atoms with Crippen LogP contribution in [0, 0.1) is 5.92 Å². The first-order valence-electron chi connectivity index (χ1n) is 5.06. The van der Waals surface area contributed by atoms with E-state index in [1.165, 1.54) is 18.3 Å². The summed E-state index contributed by atoms with van der Waals surface area (Å²) in [5.74, 6) is 0.104. The molecule has 0 aromatic carbocycles. The Morgan fingerprint density at radius 2 is 2.29 bits per heavy atom. The molecule has 1 heterocycles. The fourth-order valence-corrected chi connectivity index (χ4v) is 2.65. The van der Waals surface area contributed by atoms with E-state index in [-0.39, 0.29) is 16.0 Å². The van der Waals surface area contributed by atoms with Crippen molar-refractivity contribution in [1.82, 2.24) is 9.71 Å². The van der Waals surface area contributed by atoms with Crippen molar-refractivity contribution in [3.63, 3.8) is 0 Å². The van der Waals surface area contributed by atoms with Gasteiger partial charge in [-0.05, 0) is 18.1 Å². The Balaban J connectivity index is 2.69. The quantitative estimate of drug-likeness (QED) is 0.797. The van der Waals surface area contributed by atoms with Gasteiger partial charge >= 0.3 is 0 Å². The summed E-state index contributed by atoms with van der Waals surface area (Å²) in [6.45, 7) is 2.71. The summed E-state index contributed by atoms with van der Waals surface area (Å²) in [6, 6.07) is 2.71. The average molecular weight is 279 g/mol. The summed E-state index contributed by atoms with van der Waals surface area (Å²) < 4.78 is 31.1. The van der Waals surface area contributed by atoms with Gasteiger partial charge in [-0.3, -0.25) is 0 Å². The molecule has 1 aromatic heterocycles. The minimum Gasteiger partial charge on any atom is -0.384 e. The molecule has 0 fully saturated rings. The van der Waals surface area contributed by atoms with Crippen LogP contribution in [-0.2, 0) is 14.8 Å². The maximum atomic E-state index is 11.9. The zero-order valence-electron chi connectivity index (χ0n) is 9.68. The lowest BCUT2D eigenvalue weighted by Gasteiger charge is -2.11. The zero-order chi connectivity index (χ0) is 12.9. The topological polar surface area (TPSA) is 68.3 Å². The highest BCUT2D eigenvalue weighted by molar-refractivity contribution is 7.89. The van der Waals surface area contributed by atoms with Crippen molar-refractivity contribution in [3.05, 3.63) is 23.5 Å². The number of pyridine rings is 1. The number of nitrogens with zero attached hydrogens (tertiary/aromatic N) is 1. The zero-order valence-corrected chi connectivity index (χ0v) is 11.3. The van der Waals surface area contributed by atoms with Crippen LogP contribution in [0.5, 0.6) is 0 Å². The first-order valence-corrected chi connectivity index (χ1v) is 6.92. The Kier molecular flexibility index (Phi) is 5.32. The molecule has 0 saturated carbocycles. The fourth-order valence-electron chi connectivity index (χ4n) is 1.23. The second-order valence-corrected chi connectivity index (χ2v) is 5.88. The third-order valence-electron chi connectivity index (χ3n) is 2.08. The van der Waals surface area contributed by atoms with Crippen molar-refractivity contribution in [2.75, 3.05) is 20.3 Å². The van der Waals surface area contributed by atoms with Crippen LogP contribution in [0.25, 0.3) is 0 Å². The smallest absolute Gasteiger partial charge is 0.240 e. The van der Waals surface area contributed by atoms with Crippen LogP contribution in [0.1, 0.15) is 6.92 Å². The predicted molar refractivity (Wildman–Crippen MR) is 65.5 cm³/mol. The molecule has 1 aromatic rings. The van der Waals surface area contributed by atoms with Gasteiger partial charge in [0.1, 0.15) is 5.15 Å². The van der Waals surface area contributed by atoms with E-state index in [0.29, 0.717) is 13.2 Å². The second-order valence-electron chi connectivity index (χ2n) is 3.73. The summed E-state index contributed by atoms with van der Waals surface area (Å²) in [5.41, 5.74) is 0. The Labute approximate surface area is 106 Å². The highest BCUT2D eigenvalue weighted by Crippen LogP contribution is 2.12. The van der Waals surface area contributed by atoms with E-state index in [1.54, 1.807) is 7.11 Å². The first-order chi connectivity index (χ1) is 7.95. The van der Waals surface area contributed by atoms with Gasteiger partial charge in [0.2, 0.25) is 10.0 Å². The van der Waals surface area contributed by atoms with Crippen LogP contribution in [0.3, 0.4) is 0 Å². The maximum absolute atomic E-state index is 11.9. The molecule has 0 aliphatic heterocycles. The lowest BCUT2D eigenvalue weighted by molar-refractivity contribution is 0.161. The van der Waals surface area contributed by atoms with Gasteiger partial charge in [0.25, 0.3) is 0 Å². The molecule has 0 aliphatic carbocycles. The lowest BCUT2D eigenvalue weighted by atomic mass is 10.2. The van der Waals surface area contributed by atoms with Gasteiger partial charge in [0.15, 0.2) is 0 Å². The van der Waals surface area contributed by atoms with E-state index < -0.39 is 10.0 Å². The van der Waals surface area contributed by atoms with E-state index >= 15 is 0 Å². The summed E-state index contributed by atoms with van der Waals surface area (Å²) in [5, 5.41) is 0.151. The molecule has 5 nitrogen and oxygen atoms in total. The third kappa shape index (κ3) is 4.59. The molecule has 17 heavy (non-hydrogen) atoms. The summed E-state index contributed by atoms with van der Waals surface area (Å²) in [4.78, 5) is 3.84. The van der Waals surface area contributed by atoms with Gasteiger partial charge in [-0.2, -0.15) is 0 Å². The molecule has 96 valence electrons. The summed E-state index contributed by atoms with van der Waals surface area (Å²) in [7, 11) is -1.95. The number of nitrogens with one attached hydrogen (secondary N) is 1. The van der Waals surface area contributed by atoms with Crippen LogP contribution in [0.2, 0.25) is 5.15 Å². The van der Waals surface area contributed by atoms with Gasteiger partial charge in [0, 0.05) is 26.5 Å². The molecular weight excluding hydrogens is 264 g/mol. The van der Waals surface area contributed by atoms with Gasteiger partial charge in [-0.25, -0.2) is 18.1 Å². The van der Waals surface area contributed by atoms with Crippen LogP contribution < -0.4 is 4.72 Å². The molecule has 0 amide bonds. The van der Waals surface area contributed by atoms with Gasteiger partial charge < -0.3 is 4.74 Å². The fraction of sp³-hybridized carbons (Fsp3) is 0.500. The standard InChI is InChI=1S/C10H15ClN2O3S/c1-8(7-16-2)6-13-17(14,15)9-3-4-12-10(11)5-9/h3-5,8,13H,6-7H2,1-2H3. The van der Waals surface area contributed by atoms with Crippen LogP contribution in [0.4, 0.5) is 0 Å². The number of aromatic nitrogens is 1. The van der Waals surface area contributed by atoms with E-state index in [4.69, 9.17) is 16.3 Å². The van der Waals surface area contributed by atoms with E-state index in [2.05, 4.69) is 9.71 Å². The van der Waals surface area contributed by atoms with Crippen molar-refractivity contribution in [2.24, 2.45) is 5.92 Å². The molecule has 1 atom stereocenters. The molecule has 7 heteroatoms. The minimum atomic E-state index is -3.53. The number of rotatable bonds is 6. The molecule has 1 unspecified atom stereocenters. The largest absolute Gasteiger partial charge is 0.384 e. The first kappa shape index (κ1) is 14.4. The van der Waals surface area contributed by atoms with Gasteiger partial charge in [-0.15, -0.1) is 0 Å². The van der Waals surface area contributed by atoms with Crippen LogP contribution in [-0.4, -0.2) is 33.7 Å². The monoisotopic (exact) mass is 278 g/mol. The predicted octanol–water partition coefficient (Wildman–Crippen LogP) is 1.30. The normalized spacial score (nSPS) is 13.6. The Hall–Kier alpha value is -0.690. The van der Waals surface area contributed by atoms with Crippen molar-refractivity contribution in [3.8, 4) is 0 Å². The molecule has 0 saturated heterocycles. The SMILES string of the molecule is COCC(C)CNS(=O)(=O)c1ccnc(Cl)c1. The summed E-state index contributed by atoms with van der Waals surface area (Å²) >= 11 is 5.64. The van der Waals surface area contributed by atoms with Crippen molar-refractivity contribution < 1.29 is 13.2 Å². The van der Waals surface area contributed by atoms with Crippen molar-refractivity contribution >= 4 is 21.6 Å². The highest BCUT2D eigenvalue weighted by Gasteiger charge is 2.15. The van der Waals surface area contributed by atoms with Gasteiger partial charge in [-0.1, -0.05) is 18.5 Å². The number of sulfonamides is 1. The molecule has 1 N–H and O–H groups in total. The Morgan fingerprint density at radius 1 is 1.59 bits per heavy atom. The number of ether oxygens (including phenoxy) is 1. The van der Waals surface area contributed by atoms with Crippen LogP contribution in [0.15, 0.2) is 23.2 Å². The molecule has 0 spiro atoms. The number of hydrogen-bond donors (Lipinski definition) is 1. The summed E-state index contributed by atoms with van der Waals surface area (Å²) in [6.07, 6.45) is 1.36. The average Bonchev–Trinajstić information content (AvgIpc) is 2.27. The van der Waals surface area contributed by atoms with Crippen molar-refractivity contribution in [1.29, 1.82) is 0 Å². The number of hydrogen-bond acceptors (Lipinski definition) is 4. The van der Waals surface area contributed by atoms with E-state index in [1.807, 2.05) is 6.92 Å². The van der Waals surface area contributed by atoms with E-state index in [9.17, 15) is 8.42 Å². The molecule has 0 aliphatic rings. The number of halogens is 1. The third-order valence-corrected chi connectivity index (χ3v) is 3.71. The molecule has 0 bridgehead atoms. The van der Waals surface area contributed by atoms with Crippen LogP contribution >= 0.6 is 11.6 Å². The van der Waals surface area contributed by atoms with Gasteiger partial charge in [0.05, 0.1) is 4.90 Å². The van der Waals surface area contributed by atoms with Crippen molar-refractivity contribution in [2.45, 2.75) is 11.8 Å². The molecular formula is C10H15ClN2O3S. The highest BCUT2D eigenvalue weighted by atomic mass is 35.5. The Morgan fingerprint density at radius 3 is 2.88 bits per heavy atom. The number of methoxy groups -OCH3 is 1. The maximum Gasteiger partial charge on any atom is 0.240 e. The Bertz CT molecular complexity index is 464. The minimum absolute atomic E-state index is 0.104.